The number of hydrogen-bond donors (Lipinski definition) is 1. The standard InChI is InChI=1S/C12H19NO/c1-4-11(13)8-14-12-7-5-6-9(2)10(12)3/h5-7,11H,4,8,13H2,1-3H3. The van der Waals surface area contributed by atoms with E-state index in [-0.39, 0.29) is 6.04 Å². The molecule has 1 aromatic carbocycles. The molecular formula is C12H19NO. The summed E-state index contributed by atoms with van der Waals surface area (Å²) in [5, 5.41) is 0. The molecular weight excluding hydrogens is 174 g/mol. The second kappa shape index (κ2) is 5.01. The van der Waals surface area contributed by atoms with Crippen LogP contribution in [-0.4, -0.2) is 12.6 Å². The van der Waals surface area contributed by atoms with Crippen LogP contribution in [-0.2, 0) is 0 Å². The van der Waals surface area contributed by atoms with Gasteiger partial charge in [-0.1, -0.05) is 19.1 Å². The summed E-state index contributed by atoms with van der Waals surface area (Å²) >= 11 is 0. The minimum atomic E-state index is 0.134. The van der Waals surface area contributed by atoms with E-state index >= 15 is 0 Å². The molecule has 1 unspecified atom stereocenters. The van der Waals surface area contributed by atoms with Crippen molar-refractivity contribution in [2.24, 2.45) is 5.73 Å². The maximum atomic E-state index is 5.78. The van der Waals surface area contributed by atoms with Gasteiger partial charge in [0.1, 0.15) is 12.4 Å². The molecule has 0 aliphatic heterocycles. The van der Waals surface area contributed by atoms with Crippen LogP contribution in [0, 0.1) is 13.8 Å². The lowest BCUT2D eigenvalue weighted by molar-refractivity contribution is 0.283. The van der Waals surface area contributed by atoms with Gasteiger partial charge in [0.15, 0.2) is 0 Å². The van der Waals surface area contributed by atoms with E-state index in [9.17, 15) is 0 Å². The van der Waals surface area contributed by atoms with Crippen LogP contribution in [0.3, 0.4) is 0 Å². The maximum absolute atomic E-state index is 5.78. The molecule has 0 saturated heterocycles. The van der Waals surface area contributed by atoms with Gasteiger partial charge in [0.25, 0.3) is 0 Å². The molecule has 1 atom stereocenters. The average Bonchev–Trinajstić information content (AvgIpc) is 2.20. The molecule has 1 rings (SSSR count). The molecule has 0 amide bonds. The fourth-order valence-corrected chi connectivity index (χ4v) is 1.20. The summed E-state index contributed by atoms with van der Waals surface area (Å²) in [4.78, 5) is 0. The van der Waals surface area contributed by atoms with Crippen LogP contribution in [0.2, 0.25) is 0 Å². The van der Waals surface area contributed by atoms with E-state index in [1.807, 2.05) is 12.1 Å². The van der Waals surface area contributed by atoms with E-state index in [4.69, 9.17) is 10.5 Å². The Morgan fingerprint density at radius 1 is 1.36 bits per heavy atom. The van der Waals surface area contributed by atoms with Crippen LogP contribution < -0.4 is 10.5 Å². The number of rotatable bonds is 4. The van der Waals surface area contributed by atoms with Gasteiger partial charge in [-0.2, -0.15) is 0 Å². The number of hydrogen-bond acceptors (Lipinski definition) is 2. The normalized spacial score (nSPS) is 12.6. The van der Waals surface area contributed by atoms with Gasteiger partial charge in [-0.15, -0.1) is 0 Å². The molecule has 2 N–H and O–H groups in total. The molecule has 0 fully saturated rings. The summed E-state index contributed by atoms with van der Waals surface area (Å²) in [6.45, 7) is 6.82. The fourth-order valence-electron chi connectivity index (χ4n) is 1.20. The Kier molecular flexibility index (Phi) is 3.96. The number of nitrogens with two attached hydrogens (primary N) is 1. The van der Waals surface area contributed by atoms with Crippen molar-refractivity contribution >= 4 is 0 Å². The number of benzene rings is 1. The zero-order chi connectivity index (χ0) is 10.6. The molecule has 14 heavy (non-hydrogen) atoms. The van der Waals surface area contributed by atoms with Crippen LogP contribution in [0.1, 0.15) is 24.5 Å². The smallest absolute Gasteiger partial charge is 0.122 e. The summed E-state index contributed by atoms with van der Waals surface area (Å²) < 4.78 is 5.65. The predicted octanol–water partition coefficient (Wildman–Crippen LogP) is 2.42. The first kappa shape index (κ1) is 11.1. The van der Waals surface area contributed by atoms with Gasteiger partial charge < -0.3 is 10.5 Å². The van der Waals surface area contributed by atoms with E-state index < -0.39 is 0 Å². The quantitative estimate of drug-likeness (QED) is 0.797. The molecule has 0 aromatic heterocycles. The molecule has 0 spiro atoms. The van der Waals surface area contributed by atoms with Gasteiger partial charge in [0, 0.05) is 6.04 Å². The highest BCUT2D eigenvalue weighted by Gasteiger charge is 2.04. The van der Waals surface area contributed by atoms with Gasteiger partial charge in [-0.25, -0.2) is 0 Å². The second-order valence-corrected chi connectivity index (χ2v) is 3.68. The largest absolute Gasteiger partial charge is 0.492 e. The lowest BCUT2D eigenvalue weighted by Gasteiger charge is -2.13. The zero-order valence-corrected chi connectivity index (χ0v) is 9.21. The van der Waals surface area contributed by atoms with Crippen molar-refractivity contribution in [2.75, 3.05) is 6.61 Å². The Morgan fingerprint density at radius 2 is 2.07 bits per heavy atom. The van der Waals surface area contributed by atoms with Crippen LogP contribution in [0.15, 0.2) is 18.2 Å². The summed E-state index contributed by atoms with van der Waals surface area (Å²) in [6, 6.07) is 6.22. The highest BCUT2D eigenvalue weighted by molar-refractivity contribution is 5.38. The van der Waals surface area contributed by atoms with Crippen LogP contribution >= 0.6 is 0 Å². The zero-order valence-electron chi connectivity index (χ0n) is 9.21. The minimum absolute atomic E-state index is 0.134. The van der Waals surface area contributed by atoms with Gasteiger partial charge >= 0.3 is 0 Å². The summed E-state index contributed by atoms with van der Waals surface area (Å²) in [5.74, 6) is 0.953. The Bertz CT molecular complexity index is 296. The lowest BCUT2D eigenvalue weighted by atomic mass is 10.1. The van der Waals surface area contributed by atoms with Crippen molar-refractivity contribution in [3.8, 4) is 5.75 Å². The van der Waals surface area contributed by atoms with E-state index in [0.29, 0.717) is 6.61 Å². The third-order valence-electron chi connectivity index (χ3n) is 2.53. The van der Waals surface area contributed by atoms with E-state index in [1.165, 1.54) is 11.1 Å². The van der Waals surface area contributed by atoms with Crippen LogP contribution in [0.5, 0.6) is 5.75 Å². The van der Waals surface area contributed by atoms with Crippen molar-refractivity contribution < 1.29 is 4.74 Å². The Labute approximate surface area is 86.1 Å². The van der Waals surface area contributed by atoms with Gasteiger partial charge in [-0.3, -0.25) is 0 Å². The molecule has 0 aliphatic rings. The maximum Gasteiger partial charge on any atom is 0.122 e. The second-order valence-electron chi connectivity index (χ2n) is 3.68. The van der Waals surface area contributed by atoms with Crippen LogP contribution in [0.4, 0.5) is 0 Å². The van der Waals surface area contributed by atoms with Crippen molar-refractivity contribution in [3.05, 3.63) is 29.3 Å². The predicted molar refractivity (Wildman–Crippen MR) is 59.7 cm³/mol. The lowest BCUT2D eigenvalue weighted by Crippen LogP contribution is -2.26. The molecule has 78 valence electrons. The van der Waals surface area contributed by atoms with Crippen molar-refractivity contribution in [3.63, 3.8) is 0 Å². The number of ether oxygens (including phenoxy) is 1. The summed E-state index contributed by atoms with van der Waals surface area (Å²) in [5.41, 5.74) is 8.25. The Hall–Kier alpha value is -1.02. The molecule has 0 aliphatic carbocycles. The molecule has 2 nitrogen and oxygen atoms in total. The first-order valence-electron chi connectivity index (χ1n) is 5.09. The summed E-state index contributed by atoms with van der Waals surface area (Å²) in [7, 11) is 0. The molecule has 0 radical (unpaired) electrons. The molecule has 1 aromatic rings. The van der Waals surface area contributed by atoms with Crippen LogP contribution in [0.25, 0.3) is 0 Å². The van der Waals surface area contributed by atoms with Crippen molar-refractivity contribution in [1.82, 2.24) is 0 Å². The van der Waals surface area contributed by atoms with Crippen molar-refractivity contribution in [2.45, 2.75) is 33.2 Å². The van der Waals surface area contributed by atoms with E-state index in [1.54, 1.807) is 0 Å². The Balaban J connectivity index is 2.63. The fraction of sp³-hybridized carbons (Fsp3) is 0.500. The molecule has 0 saturated carbocycles. The highest BCUT2D eigenvalue weighted by Crippen LogP contribution is 2.20. The molecule has 0 bridgehead atoms. The van der Waals surface area contributed by atoms with Crippen molar-refractivity contribution in [1.29, 1.82) is 0 Å². The third-order valence-corrected chi connectivity index (χ3v) is 2.53. The minimum Gasteiger partial charge on any atom is -0.492 e. The molecule has 0 heterocycles. The van der Waals surface area contributed by atoms with Gasteiger partial charge in [0.05, 0.1) is 0 Å². The topological polar surface area (TPSA) is 35.2 Å². The highest BCUT2D eigenvalue weighted by atomic mass is 16.5. The molecule has 2 heteroatoms. The average molecular weight is 193 g/mol. The Morgan fingerprint density at radius 3 is 2.71 bits per heavy atom. The van der Waals surface area contributed by atoms with E-state index in [0.717, 1.165) is 12.2 Å². The summed E-state index contributed by atoms with van der Waals surface area (Å²) in [6.07, 6.45) is 0.949. The first-order valence-corrected chi connectivity index (χ1v) is 5.09. The monoisotopic (exact) mass is 193 g/mol. The third kappa shape index (κ3) is 2.74. The number of aryl methyl sites for hydroxylation is 1. The first-order chi connectivity index (χ1) is 6.65. The van der Waals surface area contributed by atoms with Gasteiger partial charge in [-0.05, 0) is 37.5 Å². The van der Waals surface area contributed by atoms with Gasteiger partial charge in [0.2, 0.25) is 0 Å². The van der Waals surface area contributed by atoms with E-state index in [2.05, 4.69) is 26.8 Å². The SMILES string of the molecule is CCC(N)COc1cccc(C)c1C.